The van der Waals surface area contributed by atoms with Gasteiger partial charge in [-0.2, -0.15) is 5.10 Å². The molecule has 0 bridgehead atoms. The SMILES string of the molecule is CN(Cc1cc(C(C)(C)C)n[nH]1)C(=O)Cn1[nH]c(=O)ccc1=O. The normalized spacial score (nSPS) is 11.5. The first kappa shape index (κ1) is 16.7. The number of carbonyl (C=O) groups is 1. The van der Waals surface area contributed by atoms with Crippen molar-refractivity contribution in [3.8, 4) is 0 Å². The molecule has 2 heterocycles. The molecular weight excluding hydrogens is 298 g/mol. The Labute approximate surface area is 133 Å². The number of aromatic nitrogens is 4. The number of amides is 1. The summed E-state index contributed by atoms with van der Waals surface area (Å²) in [5, 5.41) is 9.49. The van der Waals surface area contributed by atoms with E-state index in [4.69, 9.17) is 0 Å². The smallest absolute Gasteiger partial charge is 0.265 e. The molecule has 0 radical (unpaired) electrons. The number of rotatable bonds is 4. The van der Waals surface area contributed by atoms with Crippen molar-refractivity contribution in [3.63, 3.8) is 0 Å². The van der Waals surface area contributed by atoms with Gasteiger partial charge in [0.2, 0.25) is 5.91 Å². The number of carbonyl (C=O) groups excluding carboxylic acids is 1. The van der Waals surface area contributed by atoms with Crippen molar-refractivity contribution in [1.29, 1.82) is 0 Å². The molecule has 1 amide bonds. The molecule has 0 unspecified atom stereocenters. The third-order valence-electron chi connectivity index (χ3n) is 3.41. The van der Waals surface area contributed by atoms with Crippen LogP contribution in [0.2, 0.25) is 0 Å². The number of likely N-dealkylation sites (N-methyl/N-ethyl adjacent to an activating group) is 1. The van der Waals surface area contributed by atoms with Gasteiger partial charge in [-0.05, 0) is 6.07 Å². The minimum Gasteiger partial charge on any atom is -0.338 e. The number of nitrogens with one attached hydrogen (secondary N) is 2. The van der Waals surface area contributed by atoms with Gasteiger partial charge in [-0.1, -0.05) is 20.8 Å². The van der Waals surface area contributed by atoms with Crippen LogP contribution < -0.4 is 11.1 Å². The Morgan fingerprint density at radius 3 is 2.61 bits per heavy atom. The number of hydrogen-bond acceptors (Lipinski definition) is 4. The molecular formula is C15H21N5O3. The quantitative estimate of drug-likeness (QED) is 0.841. The van der Waals surface area contributed by atoms with Crippen molar-refractivity contribution in [2.75, 3.05) is 7.05 Å². The molecule has 0 atom stereocenters. The fraction of sp³-hybridized carbons (Fsp3) is 0.467. The van der Waals surface area contributed by atoms with Crippen molar-refractivity contribution in [1.82, 2.24) is 24.9 Å². The molecule has 2 N–H and O–H groups in total. The van der Waals surface area contributed by atoms with Gasteiger partial charge in [0.1, 0.15) is 6.54 Å². The van der Waals surface area contributed by atoms with Crippen LogP contribution in [0.3, 0.4) is 0 Å². The van der Waals surface area contributed by atoms with E-state index >= 15 is 0 Å². The summed E-state index contributed by atoms with van der Waals surface area (Å²) in [5.74, 6) is -0.291. The molecule has 0 spiro atoms. The van der Waals surface area contributed by atoms with Crippen LogP contribution in [0.15, 0.2) is 27.8 Å². The second kappa shape index (κ2) is 6.23. The van der Waals surface area contributed by atoms with E-state index in [9.17, 15) is 14.4 Å². The van der Waals surface area contributed by atoms with Gasteiger partial charge in [-0.3, -0.25) is 24.6 Å². The van der Waals surface area contributed by atoms with E-state index < -0.39 is 11.1 Å². The lowest BCUT2D eigenvalue weighted by Crippen LogP contribution is -2.36. The van der Waals surface area contributed by atoms with Gasteiger partial charge in [0.25, 0.3) is 11.1 Å². The highest BCUT2D eigenvalue weighted by atomic mass is 16.2. The fourth-order valence-electron chi connectivity index (χ4n) is 2.01. The standard InChI is InChI=1S/C15H21N5O3/c1-15(2,3)11-7-10(16-17-11)8-19(4)14(23)9-20-13(22)6-5-12(21)18-20/h5-7H,8-9H2,1-4H3,(H,16,17)(H,18,21). The topological polar surface area (TPSA) is 104 Å². The third-order valence-corrected chi connectivity index (χ3v) is 3.41. The predicted molar refractivity (Wildman–Crippen MR) is 85.1 cm³/mol. The number of nitrogens with zero attached hydrogens (tertiary/aromatic N) is 3. The number of hydrogen-bond donors (Lipinski definition) is 2. The van der Waals surface area contributed by atoms with Crippen LogP contribution in [-0.2, 0) is 23.3 Å². The van der Waals surface area contributed by atoms with Crippen LogP contribution >= 0.6 is 0 Å². The summed E-state index contributed by atoms with van der Waals surface area (Å²) >= 11 is 0. The van der Waals surface area contributed by atoms with Crippen molar-refractivity contribution in [2.45, 2.75) is 39.3 Å². The molecule has 124 valence electrons. The van der Waals surface area contributed by atoms with Crippen LogP contribution in [0.1, 0.15) is 32.2 Å². The van der Waals surface area contributed by atoms with Crippen molar-refractivity contribution >= 4 is 5.91 Å². The second-order valence-corrected chi connectivity index (χ2v) is 6.51. The molecule has 2 aromatic heterocycles. The first-order valence-electron chi connectivity index (χ1n) is 7.26. The van der Waals surface area contributed by atoms with Gasteiger partial charge in [0, 0.05) is 24.6 Å². The zero-order valence-corrected chi connectivity index (χ0v) is 13.7. The van der Waals surface area contributed by atoms with Crippen LogP contribution in [0, 0.1) is 0 Å². The molecule has 0 fully saturated rings. The van der Waals surface area contributed by atoms with Gasteiger partial charge < -0.3 is 4.90 Å². The molecule has 0 aliphatic rings. The summed E-state index contributed by atoms with van der Waals surface area (Å²) < 4.78 is 0.995. The van der Waals surface area contributed by atoms with E-state index in [2.05, 4.69) is 36.1 Å². The molecule has 0 saturated heterocycles. The summed E-state index contributed by atoms with van der Waals surface area (Å²) in [6.07, 6.45) is 0. The number of H-pyrrole nitrogens is 2. The second-order valence-electron chi connectivity index (χ2n) is 6.51. The molecule has 8 heteroatoms. The van der Waals surface area contributed by atoms with Crippen LogP contribution in [-0.4, -0.2) is 37.8 Å². The summed E-state index contributed by atoms with van der Waals surface area (Å²) in [6.45, 7) is 6.29. The van der Waals surface area contributed by atoms with Crippen molar-refractivity contribution in [3.05, 3.63) is 50.3 Å². The minimum atomic E-state index is -0.428. The molecule has 2 aromatic rings. The third kappa shape index (κ3) is 4.18. The van der Waals surface area contributed by atoms with E-state index in [1.165, 1.54) is 4.90 Å². The molecule has 23 heavy (non-hydrogen) atoms. The van der Waals surface area contributed by atoms with Gasteiger partial charge in [0.15, 0.2) is 0 Å². The lowest BCUT2D eigenvalue weighted by Gasteiger charge is -2.17. The summed E-state index contributed by atoms with van der Waals surface area (Å²) in [6, 6.07) is 4.18. The van der Waals surface area contributed by atoms with Gasteiger partial charge in [0.05, 0.1) is 17.9 Å². The molecule has 0 aliphatic heterocycles. The summed E-state index contributed by atoms with van der Waals surface area (Å²) in [5.41, 5.74) is 0.789. The molecule has 0 aliphatic carbocycles. The highest BCUT2D eigenvalue weighted by Gasteiger charge is 2.18. The molecule has 0 saturated carbocycles. The van der Waals surface area contributed by atoms with Gasteiger partial charge in [-0.25, -0.2) is 4.68 Å². The zero-order valence-electron chi connectivity index (χ0n) is 13.7. The number of aromatic amines is 2. The van der Waals surface area contributed by atoms with Crippen molar-refractivity contribution in [2.24, 2.45) is 0 Å². The zero-order chi connectivity index (χ0) is 17.2. The fourth-order valence-corrected chi connectivity index (χ4v) is 2.01. The Morgan fingerprint density at radius 1 is 1.30 bits per heavy atom. The Hall–Kier alpha value is -2.64. The van der Waals surface area contributed by atoms with E-state index in [1.54, 1.807) is 7.05 Å². The average molecular weight is 319 g/mol. The summed E-state index contributed by atoms with van der Waals surface area (Å²) in [7, 11) is 1.63. The Kier molecular flexibility index (Phi) is 4.53. The van der Waals surface area contributed by atoms with Gasteiger partial charge in [-0.15, -0.1) is 0 Å². The monoisotopic (exact) mass is 319 g/mol. The van der Waals surface area contributed by atoms with Crippen LogP contribution in [0.5, 0.6) is 0 Å². The Bertz CT molecular complexity index is 809. The first-order valence-corrected chi connectivity index (χ1v) is 7.26. The van der Waals surface area contributed by atoms with Gasteiger partial charge >= 0.3 is 0 Å². The minimum absolute atomic E-state index is 0.0752. The molecule has 0 aromatic carbocycles. The molecule has 8 nitrogen and oxygen atoms in total. The maximum absolute atomic E-state index is 12.2. The lowest BCUT2D eigenvalue weighted by molar-refractivity contribution is -0.131. The molecule has 2 rings (SSSR count). The highest BCUT2D eigenvalue weighted by molar-refractivity contribution is 5.75. The largest absolute Gasteiger partial charge is 0.338 e. The van der Waals surface area contributed by atoms with E-state index in [-0.39, 0.29) is 17.9 Å². The summed E-state index contributed by atoms with van der Waals surface area (Å²) in [4.78, 5) is 36.5. The lowest BCUT2D eigenvalue weighted by atomic mass is 9.92. The van der Waals surface area contributed by atoms with E-state index in [0.717, 1.165) is 28.2 Å². The van der Waals surface area contributed by atoms with Crippen LogP contribution in [0.25, 0.3) is 0 Å². The maximum atomic E-state index is 12.2. The Morgan fingerprint density at radius 2 is 2.00 bits per heavy atom. The van der Waals surface area contributed by atoms with E-state index in [1.807, 2.05) is 6.07 Å². The van der Waals surface area contributed by atoms with E-state index in [0.29, 0.717) is 6.54 Å². The average Bonchev–Trinajstić information content (AvgIpc) is 2.91. The maximum Gasteiger partial charge on any atom is 0.265 e. The van der Waals surface area contributed by atoms with Crippen LogP contribution in [0.4, 0.5) is 0 Å². The predicted octanol–water partition coefficient (Wildman–Crippen LogP) is 0.216. The first-order chi connectivity index (χ1) is 10.7. The highest BCUT2D eigenvalue weighted by Crippen LogP contribution is 2.20. The Balaban J connectivity index is 2.05. The van der Waals surface area contributed by atoms with Crippen molar-refractivity contribution < 1.29 is 4.79 Å².